The minimum absolute atomic E-state index is 0.00243. The average Bonchev–Trinajstić information content (AvgIpc) is 3.01. The molecule has 0 saturated heterocycles. The molecule has 1 heterocycles. The highest BCUT2D eigenvalue weighted by Gasteiger charge is 2.57. The summed E-state index contributed by atoms with van der Waals surface area (Å²) in [6.07, 6.45) is -1.46. The van der Waals surface area contributed by atoms with Gasteiger partial charge in [-0.1, -0.05) is 43.1 Å². The molecule has 0 bridgehead atoms. The second kappa shape index (κ2) is 10.7. The molecular weight excluding hydrogens is 542 g/mol. The third kappa shape index (κ3) is 5.01. The van der Waals surface area contributed by atoms with Crippen LogP contribution in [-0.4, -0.2) is 47.5 Å². The smallest absolute Gasteiger partial charge is 0.372 e. The van der Waals surface area contributed by atoms with E-state index in [4.69, 9.17) is 28.9 Å². The number of hydrogen-bond donors (Lipinski definition) is 2. The Morgan fingerprint density at radius 2 is 1.79 bits per heavy atom. The van der Waals surface area contributed by atoms with Gasteiger partial charge in [-0.2, -0.15) is 13.2 Å². The quantitative estimate of drug-likeness (QED) is 0.410. The van der Waals surface area contributed by atoms with Crippen molar-refractivity contribution >= 4 is 40.7 Å². The van der Waals surface area contributed by atoms with Crippen molar-refractivity contribution in [3.8, 4) is 0 Å². The van der Waals surface area contributed by atoms with Gasteiger partial charge in [-0.05, 0) is 69.0 Å². The molecule has 206 valence electrons. The molecule has 6 nitrogen and oxygen atoms in total. The van der Waals surface area contributed by atoms with Crippen LogP contribution in [-0.2, 0) is 16.6 Å². The Kier molecular flexibility index (Phi) is 8.06. The van der Waals surface area contributed by atoms with E-state index in [1.807, 2.05) is 0 Å². The van der Waals surface area contributed by atoms with Crippen LogP contribution < -0.4 is 10.6 Å². The predicted octanol–water partition coefficient (Wildman–Crippen LogP) is 5.59. The molecule has 1 atom stereocenters. The molecule has 2 aliphatic rings. The monoisotopic (exact) mass is 571 g/mol. The lowest BCUT2D eigenvalue weighted by Crippen LogP contribution is -2.50. The lowest BCUT2D eigenvalue weighted by atomic mass is 9.78. The fraction of sp³-hybridized carbons (Fsp3) is 0.481. The number of nitrogens with two attached hydrogens (primary N) is 1. The summed E-state index contributed by atoms with van der Waals surface area (Å²) in [4.78, 5) is 29.4. The van der Waals surface area contributed by atoms with Gasteiger partial charge in [0.05, 0.1) is 11.3 Å². The van der Waals surface area contributed by atoms with Crippen molar-refractivity contribution in [3.05, 3.63) is 62.6 Å². The van der Waals surface area contributed by atoms with Crippen LogP contribution in [0.3, 0.4) is 0 Å². The van der Waals surface area contributed by atoms with E-state index in [-0.39, 0.29) is 33.8 Å². The molecule has 0 aromatic heterocycles. The minimum atomic E-state index is -5.00. The van der Waals surface area contributed by atoms with Gasteiger partial charge in [0, 0.05) is 39.3 Å². The molecule has 2 aromatic rings. The summed E-state index contributed by atoms with van der Waals surface area (Å²) in [5.74, 6) is -2.04. The Balaban J connectivity index is 1.80. The number of hydrogen-bond acceptors (Lipinski definition) is 4. The number of rotatable bonds is 9. The second-order valence-electron chi connectivity index (χ2n) is 10.1. The van der Waals surface area contributed by atoms with Gasteiger partial charge in [0.1, 0.15) is 0 Å². The summed E-state index contributed by atoms with van der Waals surface area (Å²) in [5, 5.41) is 11.9. The average molecular weight is 572 g/mol. The topological polar surface area (TPSA) is 86.9 Å². The van der Waals surface area contributed by atoms with Crippen LogP contribution in [0.25, 0.3) is 0 Å². The van der Waals surface area contributed by atoms with E-state index in [0.717, 1.165) is 49.7 Å². The zero-order chi connectivity index (χ0) is 28.0. The Morgan fingerprint density at radius 3 is 2.32 bits per heavy atom. The number of carbonyl (C=O) groups excluding carboxylic acids is 2. The van der Waals surface area contributed by atoms with E-state index >= 15 is 0 Å². The van der Waals surface area contributed by atoms with Crippen molar-refractivity contribution in [1.29, 1.82) is 0 Å². The van der Waals surface area contributed by atoms with Crippen LogP contribution in [0, 0.1) is 5.92 Å². The van der Waals surface area contributed by atoms with Crippen LogP contribution >= 0.6 is 23.2 Å². The molecule has 2 aromatic carbocycles. The molecule has 38 heavy (non-hydrogen) atoms. The van der Waals surface area contributed by atoms with E-state index in [2.05, 4.69) is 18.7 Å². The Labute approximate surface area is 229 Å². The van der Waals surface area contributed by atoms with Crippen molar-refractivity contribution in [2.75, 3.05) is 24.5 Å². The first-order valence-corrected chi connectivity index (χ1v) is 13.4. The number of alkyl halides is 3. The maximum atomic E-state index is 14.3. The maximum absolute atomic E-state index is 14.3. The third-order valence-electron chi connectivity index (χ3n) is 7.43. The van der Waals surface area contributed by atoms with Crippen molar-refractivity contribution in [3.63, 3.8) is 0 Å². The highest BCUT2D eigenvalue weighted by Crippen LogP contribution is 2.52. The summed E-state index contributed by atoms with van der Waals surface area (Å²) in [6.45, 7) is 6.19. The summed E-state index contributed by atoms with van der Waals surface area (Å²) in [7, 11) is 0. The fourth-order valence-corrected chi connectivity index (χ4v) is 6.21. The molecule has 1 aliphatic carbocycles. The molecule has 1 saturated carbocycles. The van der Waals surface area contributed by atoms with Gasteiger partial charge in [0.25, 0.3) is 5.91 Å². The highest BCUT2D eigenvalue weighted by atomic mass is 35.5. The highest BCUT2D eigenvalue weighted by molar-refractivity contribution is 6.35. The number of halogens is 5. The number of anilines is 1. The first-order valence-electron chi connectivity index (χ1n) is 12.6. The summed E-state index contributed by atoms with van der Waals surface area (Å²) in [6, 6.07) is 5.87. The standard InChI is InChI=1S/C27H30Cl2F3N3O3/c1-3-7-34(8-4-2)18-9-15(10-18)14-35-22-12-16(24(33)36)11-20(27(30,31)32)23(22)26(38,25(35)37)19-6-5-17(28)13-21(19)29/h5-6,11-13,15,18,38H,3-4,7-10,14H2,1-2H3,(H2,33,36)/t15-,18-,26?. The molecule has 11 heteroatoms. The van der Waals surface area contributed by atoms with Gasteiger partial charge < -0.3 is 20.6 Å². The molecule has 0 radical (unpaired) electrons. The molecule has 1 aliphatic heterocycles. The molecule has 1 unspecified atom stereocenters. The normalized spacial score (nSPS) is 23.1. The number of aliphatic hydroxyl groups is 1. The van der Waals surface area contributed by atoms with Crippen LogP contribution in [0.4, 0.5) is 18.9 Å². The molecule has 2 amide bonds. The lowest BCUT2D eigenvalue weighted by Gasteiger charge is -2.44. The molecular formula is C27H30Cl2F3N3O3. The molecule has 3 N–H and O–H groups in total. The van der Waals surface area contributed by atoms with E-state index in [9.17, 15) is 27.9 Å². The van der Waals surface area contributed by atoms with Gasteiger partial charge in [0.15, 0.2) is 5.60 Å². The number of amides is 2. The van der Waals surface area contributed by atoms with E-state index in [0.29, 0.717) is 12.1 Å². The van der Waals surface area contributed by atoms with E-state index in [1.165, 1.54) is 18.2 Å². The maximum Gasteiger partial charge on any atom is 0.416 e. The second-order valence-corrected chi connectivity index (χ2v) is 10.9. The van der Waals surface area contributed by atoms with Crippen molar-refractivity contribution in [2.24, 2.45) is 11.7 Å². The zero-order valence-corrected chi connectivity index (χ0v) is 22.6. The van der Waals surface area contributed by atoms with Crippen molar-refractivity contribution < 1.29 is 27.9 Å². The van der Waals surface area contributed by atoms with Gasteiger partial charge in [-0.25, -0.2) is 0 Å². The summed E-state index contributed by atoms with van der Waals surface area (Å²) in [5.41, 5.74) is -0.212. The number of primary amides is 1. The van der Waals surface area contributed by atoms with Gasteiger partial charge >= 0.3 is 6.18 Å². The van der Waals surface area contributed by atoms with Gasteiger partial charge in [-0.3, -0.25) is 9.59 Å². The Hall–Kier alpha value is -2.33. The molecule has 1 fully saturated rings. The summed E-state index contributed by atoms with van der Waals surface area (Å²) < 4.78 is 43.0. The number of nitrogens with zero attached hydrogens (tertiary/aromatic N) is 2. The zero-order valence-electron chi connectivity index (χ0n) is 21.1. The first kappa shape index (κ1) is 28.7. The largest absolute Gasteiger partial charge is 0.416 e. The van der Waals surface area contributed by atoms with Crippen LogP contribution in [0.1, 0.15) is 66.6 Å². The minimum Gasteiger partial charge on any atom is -0.372 e. The molecule has 4 rings (SSSR count). The number of benzene rings is 2. The third-order valence-corrected chi connectivity index (χ3v) is 7.97. The van der Waals surface area contributed by atoms with E-state index in [1.54, 1.807) is 0 Å². The van der Waals surface area contributed by atoms with Crippen molar-refractivity contribution in [2.45, 2.75) is 57.3 Å². The number of carbonyl (C=O) groups is 2. The van der Waals surface area contributed by atoms with Crippen molar-refractivity contribution in [1.82, 2.24) is 4.90 Å². The SMILES string of the molecule is CCCN(CCC)[C@H]1C[C@H](CN2C(=O)C(O)(c3ccc(Cl)cc3Cl)c3c2cc(C(N)=O)cc3C(F)(F)F)C1. The Bertz CT molecular complexity index is 1240. The van der Waals surface area contributed by atoms with Crippen LogP contribution in [0.15, 0.2) is 30.3 Å². The first-order chi connectivity index (χ1) is 17.8. The molecule has 0 spiro atoms. The summed E-state index contributed by atoms with van der Waals surface area (Å²) >= 11 is 12.3. The Morgan fingerprint density at radius 1 is 1.16 bits per heavy atom. The fourth-order valence-electron chi connectivity index (χ4n) is 5.67. The van der Waals surface area contributed by atoms with Crippen LogP contribution in [0.5, 0.6) is 0 Å². The van der Waals surface area contributed by atoms with E-state index < -0.39 is 40.3 Å². The van der Waals surface area contributed by atoms with Gasteiger partial charge in [0.2, 0.25) is 5.91 Å². The van der Waals surface area contributed by atoms with Gasteiger partial charge in [-0.15, -0.1) is 0 Å². The number of fused-ring (bicyclic) bond motifs is 1. The van der Waals surface area contributed by atoms with Crippen LogP contribution in [0.2, 0.25) is 10.0 Å². The lowest BCUT2D eigenvalue weighted by molar-refractivity contribution is -0.142. The predicted molar refractivity (Wildman–Crippen MR) is 140 cm³/mol.